The fourth-order valence-corrected chi connectivity index (χ4v) is 5.06. The first-order valence-electron chi connectivity index (χ1n) is 11.0. The third-order valence-electron chi connectivity index (χ3n) is 5.74. The molecule has 1 aliphatic rings. The second kappa shape index (κ2) is 9.56. The van der Waals surface area contributed by atoms with E-state index in [1.807, 2.05) is 55.5 Å². The van der Waals surface area contributed by atoms with E-state index < -0.39 is 0 Å². The number of rotatable bonds is 6. The Morgan fingerprint density at radius 3 is 2.55 bits per heavy atom. The number of anilines is 1. The van der Waals surface area contributed by atoms with Crippen LogP contribution in [0.1, 0.15) is 28.2 Å². The molecule has 1 fully saturated rings. The fraction of sp³-hybridized carbons (Fsp3) is 0.240. The van der Waals surface area contributed by atoms with Crippen molar-refractivity contribution in [3.63, 3.8) is 0 Å². The van der Waals surface area contributed by atoms with Gasteiger partial charge in [0.2, 0.25) is 0 Å². The highest BCUT2D eigenvalue weighted by Gasteiger charge is 2.22. The van der Waals surface area contributed by atoms with E-state index in [1.165, 1.54) is 6.33 Å². The van der Waals surface area contributed by atoms with Gasteiger partial charge in [-0.3, -0.25) is 4.79 Å². The van der Waals surface area contributed by atoms with Gasteiger partial charge in [0.15, 0.2) is 0 Å². The van der Waals surface area contributed by atoms with Crippen molar-refractivity contribution in [2.75, 3.05) is 31.2 Å². The molecule has 0 saturated carbocycles. The summed E-state index contributed by atoms with van der Waals surface area (Å²) in [6, 6.07) is 20.1. The zero-order valence-corrected chi connectivity index (χ0v) is 19.2. The second-order valence-electron chi connectivity index (χ2n) is 7.92. The van der Waals surface area contributed by atoms with Crippen LogP contribution in [0.25, 0.3) is 16.8 Å². The molecule has 8 heteroatoms. The van der Waals surface area contributed by atoms with E-state index in [2.05, 4.69) is 32.4 Å². The Balaban J connectivity index is 1.36. The molecule has 0 aliphatic carbocycles. The van der Waals surface area contributed by atoms with Crippen molar-refractivity contribution < 1.29 is 9.53 Å². The van der Waals surface area contributed by atoms with Crippen LogP contribution < -0.4 is 10.2 Å². The quantitative estimate of drug-likeness (QED) is 0.465. The second-order valence-corrected chi connectivity index (χ2v) is 8.95. The van der Waals surface area contributed by atoms with E-state index in [1.54, 1.807) is 22.3 Å². The minimum atomic E-state index is -0.128. The van der Waals surface area contributed by atoms with E-state index in [9.17, 15) is 4.79 Å². The normalized spacial score (nSPS) is 14.8. The number of amides is 1. The lowest BCUT2D eigenvalue weighted by Crippen LogP contribution is -2.35. The molecule has 168 valence electrons. The van der Waals surface area contributed by atoms with Gasteiger partial charge in [-0.15, -0.1) is 11.3 Å². The van der Waals surface area contributed by atoms with E-state index >= 15 is 0 Å². The molecule has 7 nitrogen and oxygen atoms in total. The van der Waals surface area contributed by atoms with Gasteiger partial charge in [-0.1, -0.05) is 42.5 Å². The molecular weight excluding hydrogens is 434 g/mol. The maximum atomic E-state index is 13.2. The number of benzene rings is 2. The highest BCUT2D eigenvalue weighted by Crippen LogP contribution is 2.39. The maximum absolute atomic E-state index is 13.2. The lowest BCUT2D eigenvalue weighted by atomic mass is 10.1. The molecule has 3 heterocycles. The molecular formula is C25H25N5O2S. The van der Waals surface area contributed by atoms with Gasteiger partial charge in [0.1, 0.15) is 12.7 Å². The van der Waals surface area contributed by atoms with Crippen molar-refractivity contribution in [3.05, 3.63) is 83.8 Å². The molecule has 33 heavy (non-hydrogen) atoms. The Hall–Kier alpha value is -3.49. The number of carbonyl (C=O) groups is 1. The van der Waals surface area contributed by atoms with Crippen LogP contribution in [0, 0.1) is 0 Å². The van der Waals surface area contributed by atoms with Gasteiger partial charge in [-0.05, 0) is 36.2 Å². The number of aromatic nitrogens is 3. The average Bonchev–Trinajstić information content (AvgIpc) is 3.56. The smallest absolute Gasteiger partial charge is 0.261 e. The summed E-state index contributed by atoms with van der Waals surface area (Å²) in [5.74, 6) is -0.0652. The Morgan fingerprint density at radius 2 is 1.85 bits per heavy atom. The zero-order chi connectivity index (χ0) is 22.6. The number of nitrogens with zero attached hydrogens (tertiary/aromatic N) is 4. The third-order valence-corrected chi connectivity index (χ3v) is 6.94. The van der Waals surface area contributed by atoms with E-state index in [0.717, 1.165) is 40.5 Å². The van der Waals surface area contributed by atoms with Crippen LogP contribution in [0.3, 0.4) is 0 Å². The molecule has 1 atom stereocenters. The van der Waals surface area contributed by atoms with Crippen LogP contribution in [-0.4, -0.2) is 47.0 Å². The largest absolute Gasteiger partial charge is 0.378 e. The molecule has 2 aromatic carbocycles. The summed E-state index contributed by atoms with van der Waals surface area (Å²) in [5, 5.41) is 8.43. The molecule has 1 N–H and O–H groups in total. The van der Waals surface area contributed by atoms with Crippen LogP contribution in [0.2, 0.25) is 0 Å². The summed E-state index contributed by atoms with van der Waals surface area (Å²) < 4.78 is 7.23. The summed E-state index contributed by atoms with van der Waals surface area (Å²) in [5.41, 5.74) is 4.17. The van der Waals surface area contributed by atoms with Gasteiger partial charge in [0.05, 0.1) is 34.8 Å². The fourth-order valence-electron chi connectivity index (χ4n) is 3.93. The number of morpholine rings is 1. The predicted molar refractivity (Wildman–Crippen MR) is 130 cm³/mol. The summed E-state index contributed by atoms with van der Waals surface area (Å²) in [4.78, 5) is 20.2. The van der Waals surface area contributed by atoms with Gasteiger partial charge in [0, 0.05) is 18.7 Å². The van der Waals surface area contributed by atoms with Crippen molar-refractivity contribution in [2.24, 2.45) is 0 Å². The van der Waals surface area contributed by atoms with Gasteiger partial charge in [-0.2, -0.15) is 5.10 Å². The minimum absolute atomic E-state index is 0.0652. The van der Waals surface area contributed by atoms with Crippen LogP contribution in [0.5, 0.6) is 0 Å². The molecule has 1 aliphatic heterocycles. The standard InChI is InChI=1S/C25H25N5O2S/c1-18(19-7-9-21(10-8-19)30-17-26-16-27-30)28-24(31)23-15-22(20-5-3-2-4-6-20)25(33-23)29-11-13-32-14-12-29/h2-10,15-18H,11-14H2,1H3,(H,28,31). The molecule has 5 rings (SSSR count). The van der Waals surface area contributed by atoms with Crippen LogP contribution in [0.4, 0.5) is 5.00 Å². The van der Waals surface area contributed by atoms with Crippen molar-refractivity contribution in [1.82, 2.24) is 20.1 Å². The van der Waals surface area contributed by atoms with E-state index in [4.69, 9.17) is 4.74 Å². The lowest BCUT2D eigenvalue weighted by molar-refractivity contribution is 0.0944. The average molecular weight is 460 g/mol. The topological polar surface area (TPSA) is 72.3 Å². The first-order chi connectivity index (χ1) is 16.2. The Labute approximate surface area is 196 Å². The molecule has 1 unspecified atom stereocenters. The number of thiophene rings is 1. The summed E-state index contributed by atoms with van der Waals surface area (Å²) >= 11 is 1.55. The number of carbonyl (C=O) groups excluding carboxylic acids is 1. The van der Waals surface area contributed by atoms with Crippen LogP contribution in [0.15, 0.2) is 73.3 Å². The zero-order valence-electron chi connectivity index (χ0n) is 18.3. The van der Waals surface area contributed by atoms with Crippen molar-refractivity contribution in [1.29, 1.82) is 0 Å². The molecule has 4 aromatic rings. The minimum Gasteiger partial charge on any atom is -0.378 e. The number of hydrogen-bond donors (Lipinski definition) is 1. The highest BCUT2D eigenvalue weighted by atomic mass is 32.1. The summed E-state index contributed by atoms with van der Waals surface area (Å²) in [6.45, 7) is 5.06. The van der Waals surface area contributed by atoms with Gasteiger partial charge in [0.25, 0.3) is 5.91 Å². The monoisotopic (exact) mass is 459 g/mol. The predicted octanol–water partition coefficient (Wildman–Crippen LogP) is 4.32. The van der Waals surface area contributed by atoms with Gasteiger partial charge in [-0.25, -0.2) is 9.67 Å². The first-order valence-corrected chi connectivity index (χ1v) is 11.8. The lowest BCUT2D eigenvalue weighted by Gasteiger charge is -2.28. The van der Waals surface area contributed by atoms with Crippen molar-refractivity contribution in [2.45, 2.75) is 13.0 Å². The highest BCUT2D eigenvalue weighted by molar-refractivity contribution is 7.18. The molecule has 0 spiro atoms. The SMILES string of the molecule is CC(NC(=O)c1cc(-c2ccccc2)c(N2CCOCC2)s1)c1ccc(-n2cncn2)cc1. The van der Waals surface area contributed by atoms with E-state index in [-0.39, 0.29) is 11.9 Å². The summed E-state index contributed by atoms with van der Waals surface area (Å²) in [6.07, 6.45) is 3.17. The number of nitrogens with one attached hydrogen (secondary N) is 1. The van der Waals surface area contributed by atoms with E-state index in [0.29, 0.717) is 18.1 Å². The Bertz CT molecular complexity index is 1200. The Morgan fingerprint density at radius 1 is 1.09 bits per heavy atom. The van der Waals surface area contributed by atoms with Crippen LogP contribution >= 0.6 is 11.3 Å². The number of ether oxygens (including phenoxy) is 1. The van der Waals surface area contributed by atoms with Crippen molar-refractivity contribution in [3.8, 4) is 16.8 Å². The third kappa shape index (κ3) is 4.67. The maximum Gasteiger partial charge on any atom is 0.261 e. The molecule has 1 saturated heterocycles. The molecule has 1 amide bonds. The molecule has 2 aromatic heterocycles. The summed E-state index contributed by atoms with van der Waals surface area (Å²) in [7, 11) is 0. The molecule has 0 radical (unpaired) electrons. The van der Waals surface area contributed by atoms with Gasteiger partial charge >= 0.3 is 0 Å². The van der Waals surface area contributed by atoms with Crippen molar-refractivity contribution >= 4 is 22.2 Å². The van der Waals surface area contributed by atoms with Gasteiger partial charge < -0.3 is 15.0 Å². The Kier molecular flexibility index (Phi) is 6.19. The molecule has 0 bridgehead atoms. The number of hydrogen-bond acceptors (Lipinski definition) is 6. The van der Waals surface area contributed by atoms with Crippen LogP contribution in [-0.2, 0) is 4.74 Å². The first kappa shape index (κ1) is 21.4.